The summed E-state index contributed by atoms with van der Waals surface area (Å²) in [6.45, 7) is 4.29. The summed E-state index contributed by atoms with van der Waals surface area (Å²) in [6.07, 6.45) is 0. The van der Waals surface area contributed by atoms with E-state index < -0.39 is 0 Å². The van der Waals surface area contributed by atoms with Crippen LogP contribution in [0.15, 0.2) is 30.3 Å². The van der Waals surface area contributed by atoms with E-state index in [2.05, 4.69) is 11.4 Å². The molecule has 0 aliphatic rings. The Morgan fingerprint density at radius 1 is 1.24 bits per heavy atom. The molecule has 2 aromatic rings. The fraction of sp³-hybridized carbons (Fsp3) is 0.235. The molecule has 108 valence electrons. The minimum Gasteiger partial charge on any atom is -0.507 e. The van der Waals surface area contributed by atoms with E-state index in [-0.39, 0.29) is 0 Å². The van der Waals surface area contributed by atoms with Crippen LogP contribution in [0.5, 0.6) is 11.5 Å². The summed E-state index contributed by atoms with van der Waals surface area (Å²) in [5.74, 6) is 0.968. The topological polar surface area (TPSA) is 65.3 Å². The number of nitrogens with zero attached hydrogens (tertiary/aromatic N) is 1. The molecule has 0 spiro atoms. The van der Waals surface area contributed by atoms with E-state index in [0.717, 1.165) is 16.7 Å². The maximum Gasteiger partial charge on any atom is 0.143 e. The van der Waals surface area contributed by atoms with Crippen LogP contribution in [0, 0.1) is 25.2 Å². The normalized spacial score (nSPS) is 10.0. The van der Waals surface area contributed by atoms with Crippen LogP contribution in [0.25, 0.3) is 0 Å². The molecule has 0 aliphatic heterocycles. The van der Waals surface area contributed by atoms with E-state index in [4.69, 9.17) is 4.74 Å². The van der Waals surface area contributed by atoms with Crippen molar-refractivity contribution in [1.82, 2.24) is 0 Å². The van der Waals surface area contributed by atoms with Gasteiger partial charge in [-0.15, -0.1) is 0 Å². The van der Waals surface area contributed by atoms with Gasteiger partial charge in [-0.1, -0.05) is 18.2 Å². The number of para-hydroxylation sites is 1. The first-order valence-electron chi connectivity index (χ1n) is 6.67. The number of phenolic OH excluding ortho intramolecular Hbond substituents is 1. The number of rotatable bonds is 4. The third-order valence-electron chi connectivity index (χ3n) is 3.39. The second kappa shape index (κ2) is 6.19. The number of hydrogen-bond donors (Lipinski definition) is 2. The van der Waals surface area contributed by atoms with Crippen molar-refractivity contribution in [1.29, 1.82) is 5.26 Å². The zero-order chi connectivity index (χ0) is 15.4. The number of nitrogens with one attached hydrogen (secondary N) is 1. The van der Waals surface area contributed by atoms with Gasteiger partial charge in [0.15, 0.2) is 0 Å². The molecule has 0 amide bonds. The number of hydrogen-bond acceptors (Lipinski definition) is 4. The number of methoxy groups -OCH3 is 1. The van der Waals surface area contributed by atoms with E-state index in [1.807, 2.05) is 32.0 Å². The van der Waals surface area contributed by atoms with E-state index in [1.54, 1.807) is 19.2 Å². The zero-order valence-electron chi connectivity index (χ0n) is 12.4. The van der Waals surface area contributed by atoms with Crippen LogP contribution in [0.2, 0.25) is 0 Å². The zero-order valence-corrected chi connectivity index (χ0v) is 12.4. The second-order valence-electron chi connectivity index (χ2n) is 4.93. The van der Waals surface area contributed by atoms with Gasteiger partial charge in [-0.2, -0.15) is 5.26 Å². The van der Waals surface area contributed by atoms with E-state index in [1.165, 1.54) is 0 Å². The highest BCUT2D eigenvalue weighted by Crippen LogP contribution is 2.29. The molecule has 2 rings (SSSR count). The highest BCUT2D eigenvalue weighted by Gasteiger charge is 2.09. The van der Waals surface area contributed by atoms with Gasteiger partial charge in [0.2, 0.25) is 0 Å². The lowest BCUT2D eigenvalue weighted by molar-refractivity contribution is 0.416. The van der Waals surface area contributed by atoms with Gasteiger partial charge in [-0.05, 0) is 42.7 Å². The fourth-order valence-electron chi connectivity index (χ4n) is 2.31. The lowest BCUT2D eigenvalue weighted by Crippen LogP contribution is -2.04. The van der Waals surface area contributed by atoms with E-state index in [0.29, 0.717) is 29.3 Å². The summed E-state index contributed by atoms with van der Waals surface area (Å²) in [5, 5.41) is 22.2. The van der Waals surface area contributed by atoms with Gasteiger partial charge in [0.1, 0.15) is 17.6 Å². The Hall–Kier alpha value is -2.67. The number of anilines is 1. The van der Waals surface area contributed by atoms with Gasteiger partial charge in [-0.25, -0.2) is 0 Å². The molecule has 21 heavy (non-hydrogen) atoms. The molecular weight excluding hydrogens is 264 g/mol. The van der Waals surface area contributed by atoms with Crippen molar-refractivity contribution in [2.75, 3.05) is 12.4 Å². The molecule has 0 radical (unpaired) electrons. The van der Waals surface area contributed by atoms with Crippen LogP contribution in [0.1, 0.15) is 22.3 Å². The number of aryl methyl sites for hydroxylation is 2. The number of phenols is 1. The van der Waals surface area contributed by atoms with E-state index >= 15 is 0 Å². The molecule has 0 heterocycles. The van der Waals surface area contributed by atoms with E-state index in [9.17, 15) is 10.4 Å². The number of ether oxygens (including phenoxy) is 1. The predicted octanol–water partition coefficient (Wildman–Crippen LogP) is 3.50. The summed E-state index contributed by atoms with van der Waals surface area (Å²) in [4.78, 5) is 0. The molecule has 0 atom stereocenters. The van der Waals surface area contributed by atoms with Gasteiger partial charge < -0.3 is 15.2 Å². The molecule has 0 bridgehead atoms. The van der Waals surface area contributed by atoms with Gasteiger partial charge in [-0.3, -0.25) is 0 Å². The summed E-state index contributed by atoms with van der Waals surface area (Å²) >= 11 is 0. The van der Waals surface area contributed by atoms with Crippen molar-refractivity contribution in [2.45, 2.75) is 20.4 Å². The largest absolute Gasteiger partial charge is 0.507 e. The molecule has 4 nitrogen and oxygen atoms in total. The Balaban J connectivity index is 2.27. The van der Waals surface area contributed by atoms with Crippen LogP contribution in [-0.4, -0.2) is 12.2 Å². The van der Waals surface area contributed by atoms with Gasteiger partial charge in [0.05, 0.1) is 18.4 Å². The first kappa shape index (κ1) is 14.7. The van der Waals surface area contributed by atoms with Gasteiger partial charge in [0, 0.05) is 6.54 Å². The molecule has 0 unspecified atom stereocenters. The number of aromatic hydroxyl groups is 1. The summed E-state index contributed by atoms with van der Waals surface area (Å²) < 4.78 is 5.29. The first-order valence-corrected chi connectivity index (χ1v) is 6.67. The molecule has 0 saturated heterocycles. The van der Waals surface area contributed by atoms with Crippen molar-refractivity contribution in [3.05, 3.63) is 52.6 Å². The first-order chi connectivity index (χ1) is 10.1. The monoisotopic (exact) mass is 282 g/mol. The average molecular weight is 282 g/mol. The quantitative estimate of drug-likeness (QED) is 0.900. The third kappa shape index (κ3) is 3.09. The highest BCUT2D eigenvalue weighted by atomic mass is 16.5. The Labute approximate surface area is 124 Å². The lowest BCUT2D eigenvalue weighted by Gasteiger charge is -2.14. The SMILES string of the molecule is COc1cccc(C#N)c1NCc1cc(C)c(O)c(C)c1. The van der Waals surface area contributed by atoms with Crippen molar-refractivity contribution < 1.29 is 9.84 Å². The van der Waals surface area contributed by atoms with Crippen LogP contribution in [0.3, 0.4) is 0 Å². The standard InChI is InChI=1S/C17H18N2O2/c1-11-7-13(8-12(2)17(11)20)10-19-16-14(9-18)5-4-6-15(16)21-3/h4-8,19-20H,10H2,1-3H3. The summed E-state index contributed by atoms with van der Waals surface area (Å²) in [5.41, 5.74) is 3.95. The second-order valence-corrected chi connectivity index (χ2v) is 4.93. The average Bonchev–Trinajstić information content (AvgIpc) is 2.49. The molecule has 2 aromatic carbocycles. The Kier molecular flexibility index (Phi) is 4.34. The molecular formula is C17H18N2O2. The maximum atomic E-state index is 9.80. The van der Waals surface area contributed by atoms with Gasteiger partial charge in [0.25, 0.3) is 0 Å². The molecule has 0 aromatic heterocycles. The van der Waals surface area contributed by atoms with Crippen LogP contribution in [-0.2, 0) is 6.54 Å². The maximum absolute atomic E-state index is 9.80. The molecule has 4 heteroatoms. The third-order valence-corrected chi connectivity index (χ3v) is 3.39. The van der Waals surface area contributed by atoms with Crippen molar-refractivity contribution in [3.63, 3.8) is 0 Å². The minimum atomic E-state index is 0.328. The minimum absolute atomic E-state index is 0.328. The Bertz CT molecular complexity index is 679. The smallest absolute Gasteiger partial charge is 0.143 e. The summed E-state index contributed by atoms with van der Waals surface area (Å²) in [6, 6.07) is 11.4. The Morgan fingerprint density at radius 2 is 1.90 bits per heavy atom. The van der Waals surface area contributed by atoms with Crippen LogP contribution < -0.4 is 10.1 Å². The van der Waals surface area contributed by atoms with Crippen LogP contribution in [0.4, 0.5) is 5.69 Å². The fourth-order valence-corrected chi connectivity index (χ4v) is 2.31. The van der Waals surface area contributed by atoms with Crippen molar-refractivity contribution in [2.24, 2.45) is 0 Å². The lowest BCUT2D eigenvalue weighted by atomic mass is 10.1. The number of nitriles is 1. The van der Waals surface area contributed by atoms with Gasteiger partial charge >= 0.3 is 0 Å². The predicted molar refractivity (Wildman–Crippen MR) is 82.6 cm³/mol. The summed E-state index contributed by atoms with van der Waals surface area (Å²) in [7, 11) is 1.58. The molecule has 0 aliphatic carbocycles. The molecule has 0 saturated carbocycles. The highest BCUT2D eigenvalue weighted by molar-refractivity contribution is 5.66. The Morgan fingerprint density at radius 3 is 2.48 bits per heavy atom. The van der Waals surface area contributed by atoms with Crippen molar-refractivity contribution >= 4 is 5.69 Å². The number of benzene rings is 2. The molecule has 0 fully saturated rings. The van der Waals surface area contributed by atoms with Crippen LogP contribution >= 0.6 is 0 Å². The molecule has 2 N–H and O–H groups in total. The van der Waals surface area contributed by atoms with Crippen molar-refractivity contribution in [3.8, 4) is 17.6 Å².